The molecule has 28 heavy (non-hydrogen) atoms. The Labute approximate surface area is 168 Å². The van der Waals surface area contributed by atoms with Crippen LogP contribution >= 0.6 is 11.6 Å². The van der Waals surface area contributed by atoms with Gasteiger partial charge >= 0.3 is 0 Å². The molecular formula is C20H21ClN4O3. The van der Waals surface area contributed by atoms with Gasteiger partial charge in [0.25, 0.3) is 5.69 Å². The lowest BCUT2D eigenvalue weighted by Crippen LogP contribution is -2.49. The van der Waals surface area contributed by atoms with Crippen molar-refractivity contribution in [2.45, 2.75) is 39.4 Å². The summed E-state index contributed by atoms with van der Waals surface area (Å²) >= 11 is 6.02. The highest BCUT2D eigenvalue weighted by Gasteiger charge is 2.43. The fraction of sp³-hybridized carbons (Fsp3) is 0.300. The molecule has 146 valence electrons. The first kappa shape index (κ1) is 19.8. The molecule has 1 heterocycles. The zero-order valence-electron chi connectivity index (χ0n) is 16.1. The van der Waals surface area contributed by atoms with Gasteiger partial charge in [0.1, 0.15) is 0 Å². The number of nitro groups is 1. The first-order chi connectivity index (χ1) is 13.1. The first-order valence-corrected chi connectivity index (χ1v) is 9.15. The molecule has 1 atom stereocenters. The van der Waals surface area contributed by atoms with Crippen LogP contribution in [0.15, 0.2) is 53.6 Å². The summed E-state index contributed by atoms with van der Waals surface area (Å²) in [6.45, 7) is 7.47. The number of anilines is 1. The van der Waals surface area contributed by atoms with Gasteiger partial charge in [0.15, 0.2) is 17.8 Å². The number of hydrazone groups is 1. The monoisotopic (exact) mass is 400 g/mol. The van der Waals surface area contributed by atoms with Gasteiger partial charge in [0.2, 0.25) is 0 Å². The third-order valence-electron chi connectivity index (χ3n) is 4.44. The summed E-state index contributed by atoms with van der Waals surface area (Å²) in [5.41, 5.74) is 1.14. The standard InChI is InChI=1S/C20H21ClN4O3/c1-13(26)18-22-24(16-11-7-15(21)8-12-16)19(23(18)20(2,3)4)14-5-9-17(10-6-14)25(27)28/h5-12,19H,1-4H3. The minimum atomic E-state index is -0.436. The molecule has 1 unspecified atom stereocenters. The molecule has 0 aliphatic carbocycles. The average Bonchev–Trinajstić information content (AvgIpc) is 3.03. The Morgan fingerprint density at radius 1 is 1.11 bits per heavy atom. The fourth-order valence-corrected chi connectivity index (χ4v) is 3.33. The zero-order valence-corrected chi connectivity index (χ0v) is 16.8. The number of rotatable bonds is 4. The van der Waals surface area contributed by atoms with Gasteiger partial charge in [-0.25, -0.2) is 5.01 Å². The zero-order chi connectivity index (χ0) is 20.6. The van der Waals surface area contributed by atoms with Crippen molar-refractivity contribution in [1.82, 2.24) is 4.90 Å². The summed E-state index contributed by atoms with van der Waals surface area (Å²) in [6.07, 6.45) is -0.430. The van der Waals surface area contributed by atoms with Gasteiger partial charge < -0.3 is 4.90 Å². The third-order valence-corrected chi connectivity index (χ3v) is 4.69. The number of Topliss-reactive ketones (excluding diaryl/α,β-unsaturated/α-hetero) is 1. The van der Waals surface area contributed by atoms with Crippen molar-refractivity contribution in [1.29, 1.82) is 0 Å². The Bertz CT molecular complexity index is 933. The van der Waals surface area contributed by atoms with Crippen LogP contribution in [0, 0.1) is 10.1 Å². The minimum absolute atomic E-state index is 0.00908. The minimum Gasteiger partial charge on any atom is -0.321 e. The van der Waals surface area contributed by atoms with Crippen molar-refractivity contribution >= 4 is 34.6 Å². The number of non-ortho nitro benzene ring substituents is 1. The molecular weight excluding hydrogens is 380 g/mol. The van der Waals surface area contributed by atoms with Gasteiger partial charge in [0.05, 0.1) is 10.6 Å². The van der Waals surface area contributed by atoms with Crippen LogP contribution in [0.3, 0.4) is 0 Å². The van der Waals surface area contributed by atoms with E-state index in [1.807, 2.05) is 37.8 Å². The van der Waals surface area contributed by atoms with E-state index in [1.54, 1.807) is 29.3 Å². The summed E-state index contributed by atoms with van der Waals surface area (Å²) in [5.74, 6) is 0.184. The van der Waals surface area contributed by atoms with E-state index in [0.29, 0.717) is 10.9 Å². The van der Waals surface area contributed by atoms with E-state index in [2.05, 4.69) is 5.10 Å². The molecule has 8 heteroatoms. The predicted molar refractivity (Wildman–Crippen MR) is 109 cm³/mol. The molecule has 2 aromatic carbocycles. The normalized spacial score (nSPS) is 16.9. The van der Waals surface area contributed by atoms with Gasteiger partial charge in [-0.15, -0.1) is 5.10 Å². The molecule has 0 amide bonds. The SMILES string of the molecule is CC(=O)C1=NN(c2ccc(Cl)cc2)C(c2ccc([N+](=O)[O-])cc2)N1C(C)(C)C. The van der Waals surface area contributed by atoms with Crippen molar-refractivity contribution in [2.75, 3.05) is 5.01 Å². The highest BCUT2D eigenvalue weighted by Crippen LogP contribution is 2.40. The Morgan fingerprint density at radius 2 is 1.68 bits per heavy atom. The predicted octanol–water partition coefficient (Wildman–Crippen LogP) is 4.77. The summed E-state index contributed by atoms with van der Waals surface area (Å²) in [4.78, 5) is 24.9. The Morgan fingerprint density at radius 3 is 2.14 bits per heavy atom. The van der Waals surface area contributed by atoms with Crippen LogP contribution in [0.25, 0.3) is 0 Å². The van der Waals surface area contributed by atoms with Crippen molar-refractivity contribution in [3.8, 4) is 0 Å². The molecule has 0 saturated carbocycles. The second-order valence-electron chi connectivity index (χ2n) is 7.56. The molecule has 0 saturated heterocycles. The van der Waals surface area contributed by atoms with E-state index in [-0.39, 0.29) is 11.5 Å². The van der Waals surface area contributed by atoms with Crippen LogP contribution in [-0.2, 0) is 4.79 Å². The summed E-state index contributed by atoms with van der Waals surface area (Å²) in [6, 6.07) is 13.5. The van der Waals surface area contributed by atoms with Gasteiger partial charge in [-0.3, -0.25) is 14.9 Å². The molecule has 7 nitrogen and oxygen atoms in total. The van der Waals surface area contributed by atoms with Crippen LogP contribution in [0.1, 0.15) is 39.4 Å². The second kappa shape index (κ2) is 7.24. The number of carbonyl (C=O) groups is 1. The molecule has 2 aromatic rings. The topological polar surface area (TPSA) is 79.0 Å². The third kappa shape index (κ3) is 3.71. The molecule has 0 spiro atoms. The molecule has 1 aliphatic rings. The molecule has 1 aliphatic heterocycles. The fourth-order valence-electron chi connectivity index (χ4n) is 3.21. The maximum atomic E-state index is 12.3. The van der Waals surface area contributed by atoms with Crippen LogP contribution < -0.4 is 5.01 Å². The van der Waals surface area contributed by atoms with Crippen molar-refractivity contribution in [3.63, 3.8) is 0 Å². The number of halogens is 1. The summed E-state index contributed by atoms with van der Waals surface area (Å²) < 4.78 is 0. The van der Waals surface area contributed by atoms with Gasteiger partial charge in [-0.1, -0.05) is 11.6 Å². The second-order valence-corrected chi connectivity index (χ2v) is 8.00. The van der Waals surface area contributed by atoms with E-state index in [9.17, 15) is 14.9 Å². The van der Waals surface area contributed by atoms with E-state index in [4.69, 9.17) is 11.6 Å². The first-order valence-electron chi connectivity index (χ1n) is 8.77. The Balaban J connectivity index is 2.15. The molecule has 0 fully saturated rings. The number of ketones is 1. The number of amidine groups is 1. The summed E-state index contributed by atoms with van der Waals surface area (Å²) in [5, 5.41) is 18.0. The van der Waals surface area contributed by atoms with Gasteiger partial charge in [-0.2, -0.15) is 0 Å². The number of carbonyl (C=O) groups excluding carboxylic acids is 1. The number of nitrogens with zero attached hydrogens (tertiary/aromatic N) is 4. The highest BCUT2D eigenvalue weighted by atomic mass is 35.5. The van der Waals surface area contributed by atoms with Crippen molar-refractivity contribution in [3.05, 3.63) is 69.2 Å². The molecule has 0 aromatic heterocycles. The number of nitro benzene ring substituents is 1. The average molecular weight is 401 g/mol. The number of hydrogen-bond donors (Lipinski definition) is 0. The van der Waals surface area contributed by atoms with Crippen molar-refractivity contribution in [2.24, 2.45) is 5.10 Å². The quantitative estimate of drug-likeness (QED) is 0.545. The lowest BCUT2D eigenvalue weighted by molar-refractivity contribution is -0.384. The lowest BCUT2D eigenvalue weighted by atomic mass is 10.0. The summed E-state index contributed by atoms with van der Waals surface area (Å²) in [7, 11) is 0. The van der Waals surface area contributed by atoms with Gasteiger partial charge in [0, 0.05) is 29.6 Å². The van der Waals surface area contributed by atoms with Crippen LogP contribution in [0.5, 0.6) is 0 Å². The Kier molecular flexibility index (Phi) is 5.12. The lowest BCUT2D eigenvalue weighted by Gasteiger charge is -2.40. The largest absolute Gasteiger partial charge is 0.321 e. The maximum absolute atomic E-state index is 12.3. The van der Waals surface area contributed by atoms with Gasteiger partial charge in [-0.05, 0) is 62.7 Å². The molecule has 0 radical (unpaired) electrons. The number of hydrogen-bond acceptors (Lipinski definition) is 6. The van der Waals surface area contributed by atoms with Crippen LogP contribution in [0.2, 0.25) is 5.02 Å². The number of benzene rings is 2. The molecule has 3 rings (SSSR count). The smallest absolute Gasteiger partial charge is 0.269 e. The van der Waals surface area contributed by atoms with E-state index >= 15 is 0 Å². The Hall–Kier alpha value is -2.93. The molecule has 0 N–H and O–H groups in total. The van der Waals surface area contributed by atoms with Crippen LogP contribution in [0.4, 0.5) is 11.4 Å². The molecule has 0 bridgehead atoms. The maximum Gasteiger partial charge on any atom is 0.269 e. The van der Waals surface area contributed by atoms with Crippen molar-refractivity contribution < 1.29 is 9.72 Å². The highest BCUT2D eigenvalue weighted by molar-refractivity contribution is 6.38. The van der Waals surface area contributed by atoms with Crippen LogP contribution in [-0.4, -0.2) is 27.0 Å². The van der Waals surface area contributed by atoms with E-state index in [0.717, 1.165) is 11.3 Å². The van der Waals surface area contributed by atoms with E-state index in [1.165, 1.54) is 19.1 Å². The van der Waals surface area contributed by atoms with E-state index < -0.39 is 16.6 Å².